The lowest BCUT2D eigenvalue weighted by Crippen LogP contribution is -2.09. The summed E-state index contributed by atoms with van der Waals surface area (Å²) in [6.07, 6.45) is 2.38. The molecule has 0 heterocycles. The number of hydrogen-bond donors (Lipinski definition) is 1. The number of nitrogens with zero attached hydrogens (tertiary/aromatic N) is 1. The van der Waals surface area contributed by atoms with Gasteiger partial charge < -0.3 is 5.11 Å². The summed E-state index contributed by atoms with van der Waals surface area (Å²) < 4.78 is 0. The molecule has 1 saturated carbocycles. The van der Waals surface area contributed by atoms with Crippen LogP contribution in [0.3, 0.4) is 0 Å². The lowest BCUT2D eigenvalue weighted by Gasteiger charge is -2.01. The lowest BCUT2D eigenvalue weighted by molar-refractivity contribution is 0.156. The molecule has 8 heavy (non-hydrogen) atoms. The Morgan fingerprint density at radius 2 is 2.25 bits per heavy atom. The van der Waals surface area contributed by atoms with E-state index in [-0.39, 0.29) is 12.0 Å². The maximum atomic E-state index is 8.97. The molecule has 0 unspecified atom stereocenters. The second-order valence-corrected chi connectivity index (χ2v) is 2.23. The van der Waals surface area contributed by atoms with Crippen LogP contribution in [0.4, 0.5) is 0 Å². The second-order valence-electron chi connectivity index (χ2n) is 2.23. The van der Waals surface area contributed by atoms with Gasteiger partial charge >= 0.3 is 0 Å². The van der Waals surface area contributed by atoms with Crippen molar-refractivity contribution in [3.8, 4) is 6.07 Å². The number of aliphatic hydroxyl groups is 1. The van der Waals surface area contributed by atoms with E-state index in [1.807, 2.05) is 0 Å². The summed E-state index contributed by atoms with van der Waals surface area (Å²) in [4.78, 5) is 0. The van der Waals surface area contributed by atoms with E-state index in [2.05, 4.69) is 6.07 Å². The van der Waals surface area contributed by atoms with Gasteiger partial charge in [0.05, 0.1) is 18.1 Å². The summed E-state index contributed by atoms with van der Waals surface area (Å²) >= 11 is 0. The molecule has 0 saturated heterocycles. The summed E-state index contributed by atoms with van der Waals surface area (Å²) in [5.41, 5.74) is 0. The molecule has 2 nitrogen and oxygen atoms in total. The summed E-state index contributed by atoms with van der Waals surface area (Å²) in [6.45, 7) is 0. The number of nitriles is 1. The van der Waals surface area contributed by atoms with E-state index < -0.39 is 0 Å². The van der Waals surface area contributed by atoms with Crippen molar-refractivity contribution in [1.29, 1.82) is 5.26 Å². The summed E-state index contributed by atoms with van der Waals surface area (Å²) in [6, 6.07) is 2.06. The highest BCUT2D eigenvalue weighted by Gasteiger charge is 2.24. The van der Waals surface area contributed by atoms with E-state index in [1.54, 1.807) is 0 Å². The molecule has 0 aromatic carbocycles. The molecule has 44 valence electrons. The minimum Gasteiger partial charge on any atom is -0.392 e. The van der Waals surface area contributed by atoms with Gasteiger partial charge in [-0.2, -0.15) is 5.26 Å². The van der Waals surface area contributed by atoms with Gasteiger partial charge in [0.2, 0.25) is 0 Å². The Morgan fingerprint density at radius 3 is 2.50 bits per heavy atom. The van der Waals surface area contributed by atoms with Crippen LogP contribution in [0.2, 0.25) is 0 Å². The molecule has 0 bridgehead atoms. The topological polar surface area (TPSA) is 44.0 Å². The van der Waals surface area contributed by atoms with Crippen LogP contribution in [0, 0.1) is 17.2 Å². The van der Waals surface area contributed by atoms with Gasteiger partial charge in [-0.25, -0.2) is 0 Å². The maximum Gasteiger partial charge on any atom is 0.0722 e. The van der Waals surface area contributed by atoms with E-state index in [9.17, 15) is 0 Å². The predicted molar refractivity (Wildman–Crippen MR) is 29.0 cm³/mol. The minimum atomic E-state index is -0.333. The Bertz CT molecular complexity index is 116. The van der Waals surface area contributed by atoms with Crippen molar-refractivity contribution < 1.29 is 5.11 Å². The highest BCUT2D eigenvalue weighted by molar-refractivity contribution is 4.92. The van der Waals surface area contributed by atoms with Gasteiger partial charge in [0.25, 0.3) is 0 Å². The van der Waals surface area contributed by atoms with Crippen LogP contribution in [0.5, 0.6) is 0 Å². The molecule has 1 aliphatic carbocycles. The van der Waals surface area contributed by atoms with Crippen molar-refractivity contribution in [2.24, 2.45) is 5.92 Å². The van der Waals surface area contributed by atoms with Crippen LogP contribution in [-0.4, -0.2) is 11.2 Å². The van der Waals surface area contributed by atoms with Crippen LogP contribution in [0.1, 0.15) is 19.3 Å². The largest absolute Gasteiger partial charge is 0.392 e. The van der Waals surface area contributed by atoms with Gasteiger partial charge in [-0.15, -0.1) is 0 Å². The Balaban J connectivity index is 2.45. The lowest BCUT2D eigenvalue weighted by atomic mass is 10.1. The van der Waals surface area contributed by atoms with Crippen LogP contribution < -0.4 is 0 Å². The quantitative estimate of drug-likeness (QED) is 0.499. The Morgan fingerprint density at radius 1 is 1.50 bits per heavy atom. The van der Waals surface area contributed by atoms with Crippen molar-refractivity contribution in [3.05, 3.63) is 0 Å². The highest BCUT2D eigenvalue weighted by atomic mass is 16.3. The maximum absolute atomic E-state index is 8.97. The normalized spacial score (nSPS) is 37.0. The Kier molecular flexibility index (Phi) is 1.50. The second kappa shape index (κ2) is 2.15. The standard InChI is InChI=1S/C6H9NO/c7-4-5-2-1-3-6(5)8/h5-6,8H,1-3H2/t5-,6+/m1/s1. The predicted octanol–water partition coefficient (Wildman–Crippen LogP) is 0.671. The zero-order valence-corrected chi connectivity index (χ0v) is 4.67. The molecule has 0 spiro atoms. The number of hydrogen-bond acceptors (Lipinski definition) is 2. The fourth-order valence-corrected chi connectivity index (χ4v) is 1.09. The minimum absolute atomic E-state index is 0.0741. The summed E-state index contributed by atoms with van der Waals surface area (Å²) in [5.74, 6) is -0.0741. The van der Waals surface area contributed by atoms with E-state index in [0.29, 0.717) is 0 Å². The molecular weight excluding hydrogens is 102 g/mol. The van der Waals surface area contributed by atoms with Crippen LogP contribution in [-0.2, 0) is 0 Å². The number of aliphatic hydroxyl groups excluding tert-OH is 1. The zero-order valence-electron chi connectivity index (χ0n) is 4.67. The SMILES string of the molecule is N#C[C@H]1CCC[C@@H]1O. The molecular formula is C6H9NO. The van der Waals surface area contributed by atoms with Crippen molar-refractivity contribution in [3.63, 3.8) is 0 Å². The van der Waals surface area contributed by atoms with Gasteiger partial charge in [-0.3, -0.25) is 0 Å². The number of rotatable bonds is 0. The van der Waals surface area contributed by atoms with E-state index in [1.165, 1.54) is 0 Å². The molecule has 0 radical (unpaired) electrons. The average Bonchev–Trinajstić information content (AvgIpc) is 2.14. The first-order chi connectivity index (χ1) is 3.84. The zero-order chi connectivity index (χ0) is 5.98. The molecule has 2 atom stereocenters. The van der Waals surface area contributed by atoms with Gasteiger partial charge in [-0.05, 0) is 19.3 Å². The van der Waals surface area contributed by atoms with Crippen LogP contribution in [0.25, 0.3) is 0 Å². The molecule has 2 heteroatoms. The molecule has 1 aliphatic rings. The van der Waals surface area contributed by atoms with Gasteiger partial charge in [0, 0.05) is 0 Å². The summed E-state index contributed by atoms with van der Waals surface area (Å²) in [5, 5.41) is 17.3. The molecule has 0 aromatic rings. The third-order valence-electron chi connectivity index (χ3n) is 1.65. The van der Waals surface area contributed by atoms with Gasteiger partial charge in [0.15, 0.2) is 0 Å². The van der Waals surface area contributed by atoms with E-state index in [0.717, 1.165) is 19.3 Å². The Labute approximate surface area is 48.7 Å². The van der Waals surface area contributed by atoms with Crippen molar-refractivity contribution in [1.82, 2.24) is 0 Å². The van der Waals surface area contributed by atoms with Crippen LogP contribution >= 0.6 is 0 Å². The average molecular weight is 111 g/mol. The monoisotopic (exact) mass is 111 g/mol. The molecule has 0 amide bonds. The van der Waals surface area contributed by atoms with E-state index in [4.69, 9.17) is 10.4 Å². The first-order valence-corrected chi connectivity index (χ1v) is 2.92. The van der Waals surface area contributed by atoms with Crippen LogP contribution in [0.15, 0.2) is 0 Å². The van der Waals surface area contributed by atoms with Crippen molar-refractivity contribution in [2.75, 3.05) is 0 Å². The molecule has 0 aliphatic heterocycles. The first-order valence-electron chi connectivity index (χ1n) is 2.92. The van der Waals surface area contributed by atoms with Crippen molar-refractivity contribution in [2.45, 2.75) is 25.4 Å². The molecule has 1 rings (SSSR count). The van der Waals surface area contributed by atoms with Gasteiger partial charge in [-0.1, -0.05) is 0 Å². The third kappa shape index (κ3) is 0.823. The van der Waals surface area contributed by atoms with E-state index >= 15 is 0 Å². The smallest absolute Gasteiger partial charge is 0.0722 e. The van der Waals surface area contributed by atoms with Gasteiger partial charge in [0.1, 0.15) is 0 Å². The molecule has 1 N–H and O–H groups in total. The first kappa shape index (κ1) is 5.58. The molecule has 1 fully saturated rings. The fraction of sp³-hybridized carbons (Fsp3) is 0.833. The van der Waals surface area contributed by atoms with Crippen molar-refractivity contribution >= 4 is 0 Å². The third-order valence-corrected chi connectivity index (χ3v) is 1.65. The summed E-state index contributed by atoms with van der Waals surface area (Å²) in [7, 11) is 0. The highest BCUT2D eigenvalue weighted by Crippen LogP contribution is 2.23. The fourth-order valence-electron chi connectivity index (χ4n) is 1.09. The molecule has 0 aromatic heterocycles. The Hall–Kier alpha value is -0.550.